The van der Waals surface area contributed by atoms with Gasteiger partial charge in [-0.2, -0.15) is 0 Å². The van der Waals surface area contributed by atoms with Crippen molar-refractivity contribution >= 4 is 11.8 Å². The highest BCUT2D eigenvalue weighted by molar-refractivity contribution is 5.95. The first-order valence-corrected chi connectivity index (χ1v) is 7.75. The zero-order valence-electron chi connectivity index (χ0n) is 14.4. The molecule has 0 bridgehead atoms. The molecule has 0 aliphatic heterocycles. The summed E-state index contributed by atoms with van der Waals surface area (Å²) in [6.45, 7) is 1.54. The third-order valence-corrected chi connectivity index (χ3v) is 3.41. The Morgan fingerprint density at radius 1 is 0.840 bits per heavy atom. The fourth-order valence-electron chi connectivity index (χ4n) is 2.08. The molecular weight excluding hydrogens is 324 g/mol. The van der Waals surface area contributed by atoms with Gasteiger partial charge >= 0.3 is 5.97 Å². The minimum Gasteiger partial charge on any atom is -0.496 e. The Bertz CT molecular complexity index is 714. The molecule has 0 radical (unpaired) electrons. The Labute approximate surface area is 146 Å². The molecule has 0 heterocycles. The largest absolute Gasteiger partial charge is 0.496 e. The summed E-state index contributed by atoms with van der Waals surface area (Å²) in [6, 6.07) is 11.4. The number of carbonyl (C=O) groups is 2. The number of Topliss-reactive ketones (excluding diaryl/α,β-unsaturated/α-hetero) is 1. The number of hydrogen-bond acceptors (Lipinski definition) is 6. The molecule has 6 heteroatoms. The van der Waals surface area contributed by atoms with Crippen molar-refractivity contribution in [3.63, 3.8) is 0 Å². The number of rotatable bonds is 8. The Morgan fingerprint density at radius 2 is 1.40 bits per heavy atom. The Morgan fingerprint density at radius 3 is 1.92 bits per heavy atom. The molecule has 2 aromatic carbocycles. The lowest BCUT2D eigenvalue weighted by molar-refractivity contribution is -0.136. The van der Waals surface area contributed by atoms with Gasteiger partial charge in [-0.25, -0.2) is 4.79 Å². The van der Waals surface area contributed by atoms with E-state index in [0.29, 0.717) is 35.0 Å². The first-order valence-electron chi connectivity index (χ1n) is 7.75. The molecule has 2 rings (SSSR count). The summed E-state index contributed by atoms with van der Waals surface area (Å²) in [4.78, 5) is 23.5. The van der Waals surface area contributed by atoms with E-state index in [4.69, 9.17) is 18.9 Å². The maximum absolute atomic E-state index is 11.9. The second kappa shape index (κ2) is 8.73. The SMILES string of the molecule is CCC(=O)c1ccc(OCC(=O)Oc2cc(OC)cc(OC)c2)cc1. The van der Waals surface area contributed by atoms with Crippen molar-refractivity contribution in [2.75, 3.05) is 20.8 Å². The van der Waals surface area contributed by atoms with E-state index in [0.717, 1.165) is 0 Å². The van der Waals surface area contributed by atoms with E-state index in [1.807, 2.05) is 0 Å². The van der Waals surface area contributed by atoms with Crippen molar-refractivity contribution in [1.82, 2.24) is 0 Å². The molecule has 0 aromatic heterocycles. The van der Waals surface area contributed by atoms with Gasteiger partial charge in [0.05, 0.1) is 14.2 Å². The topological polar surface area (TPSA) is 71.1 Å². The van der Waals surface area contributed by atoms with Crippen LogP contribution in [0.5, 0.6) is 23.0 Å². The summed E-state index contributed by atoms with van der Waals surface area (Å²) in [7, 11) is 3.02. The van der Waals surface area contributed by atoms with Crippen LogP contribution in [0.15, 0.2) is 42.5 Å². The minimum absolute atomic E-state index is 0.0536. The number of esters is 1. The van der Waals surface area contributed by atoms with Crippen LogP contribution in [0.2, 0.25) is 0 Å². The summed E-state index contributed by atoms with van der Waals surface area (Å²) in [5.74, 6) is 1.29. The zero-order valence-corrected chi connectivity index (χ0v) is 14.4. The average Bonchev–Trinajstić information content (AvgIpc) is 2.65. The molecule has 0 aliphatic rings. The maximum Gasteiger partial charge on any atom is 0.349 e. The highest BCUT2D eigenvalue weighted by Crippen LogP contribution is 2.27. The van der Waals surface area contributed by atoms with E-state index in [1.165, 1.54) is 14.2 Å². The third kappa shape index (κ3) is 5.24. The highest BCUT2D eigenvalue weighted by Gasteiger charge is 2.10. The van der Waals surface area contributed by atoms with Gasteiger partial charge in [0, 0.05) is 30.2 Å². The van der Waals surface area contributed by atoms with E-state index in [9.17, 15) is 9.59 Å². The van der Waals surface area contributed by atoms with Crippen molar-refractivity contribution < 1.29 is 28.5 Å². The van der Waals surface area contributed by atoms with Crippen LogP contribution in [0.4, 0.5) is 0 Å². The van der Waals surface area contributed by atoms with Gasteiger partial charge < -0.3 is 18.9 Å². The fourth-order valence-corrected chi connectivity index (χ4v) is 2.08. The standard InChI is InChI=1S/C19H20O6/c1-4-18(20)13-5-7-14(8-6-13)24-12-19(21)25-17-10-15(22-2)9-16(11-17)23-3/h5-11H,4,12H2,1-3H3. The first-order chi connectivity index (χ1) is 12.0. The van der Waals surface area contributed by atoms with Crippen LogP contribution in [0.1, 0.15) is 23.7 Å². The molecule has 0 N–H and O–H groups in total. The van der Waals surface area contributed by atoms with Gasteiger partial charge in [0.15, 0.2) is 12.4 Å². The Kier molecular flexibility index (Phi) is 6.39. The number of carbonyl (C=O) groups excluding carboxylic acids is 2. The molecule has 25 heavy (non-hydrogen) atoms. The first kappa shape index (κ1) is 18.3. The van der Waals surface area contributed by atoms with Crippen LogP contribution in [-0.2, 0) is 4.79 Å². The lowest BCUT2D eigenvalue weighted by atomic mass is 10.1. The van der Waals surface area contributed by atoms with Gasteiger partial charge in [-0.05, 0) is 24.3 Å². The lowest BCUT2D eigenvalue weighted by Gasteiger charge is -2.10. The van der Waals surface area contributed by atoms with Gasteiger partial charge in [0.2, 0.25) is 0 Å². The molecule has 0 amide bonds. The van der Waals surface area contributed by atoms with Gasteiger partial charge in [-0.1, -0.05) is 6.92 Å². The Hall–Kier alpha value is -3.02. The van der Waals surface area contributed by atoms with Crippen molar-refractivity contribution in [1.29, 1.82) is 0 Å². The van der Waals surface area contributed by atoms with Crippen molar-refractivity contribution in [3.8, 4) is 23.0 Å². The van der Waals surface area contributed by atoms with E-state index in [1.54, 1.807) is 49.4 Å². The molecule has 0 fully saturated rings. The molecule has 0 spiro atoms. The van der Waals surface area contributed by atoms with Crippen molar-refractivity contribution in [2.24, 2.45) is 0 Å². The lowest BCUT2D eigenvalue weighted by Crippen LogP contribution is -2.17. The summed E-state index contributed by atoms with van der Waals surface area (Å²) in [6.07, 6.45) is 0.441. The second-order valence-corrected chi connectivity index (χ2v) is 5.11. The Balaban J connectivity index is 1.93. The summed E-state index contributed by atoms with van der Waals surface area (Å²) >= 11 is 0. The minimum atomic E-state index is -0.566. The van der Waals surface area contributed by atoms with Gasteiger partial charge in [0.1, 0.15) is 23.0 Å². The van der Waals surface area contributed by atoms with E-state index >= 15 is 0 Å². The van der Waals surface area contributed by atoms with Crippen LogP contribution >= 0.6 is 0 Å². The average molecular weight is 344 g/mol. The number of ketones is 1. The number of benzene rings is 2. The quantitative estimate of drug-likeness (QED) is 0.416. The number of ether oxygens (including phenoxy) is 4. The highest BCUT2D eigenvalue weighted by atomic mass is 16.6. The van der Waals surface area contributed by atoms with Crippen molar-refractivity contribution in [3.05, 3.63) is 48.0 Å². The van der Waals surface area contributed by atoms with Gasteiger partial charge in [0.25, 0.3) is 0 Å². The molecule has 2 aromatic rings. The van der Waals surface area contributed by atoms with E-state index < -0.39 is 5.97 Å². The van der Waals surface area contributed by atoms with Gasteiger partial charge in [-0.15, -0.1) is 0 Å². The molecule has 0 unspecified atom stereocenters. The predicted molar refractivity (Wildman–Crippen MR) is 91.7 cm³/mol. The van der Waals surface area contributed by atoms with Crippen molar-refractivity contribution in [2.45, 2.75) is 13.3 Å². The normalized spacial score (nSPS) is 10.0. The van der Waals surface area contributed by atoms with Crippen LogP contribution in [0, 0.1) is 0 Å². The number of hydrogen-bond donors (Lipinski definition) is 0. The third-order valence-electron chi connectivity index (χ3n) is 3.41. The zero-order chi connectivity index (χ0) is 18.2. The summed E-state index contributed by atoms with van der Waals surface area (Å²) < 4.78 is 20.8. The summed E-state index contributed by atoms with van der Waals surface area (Å²) in [5.41, 5.74) is 0.612. The monoisotopic (exact) mass is 344 g/mol. The molecule has 132 valence electrons. The fraction of sp³-hybridized carbons (Fsp3) is 0.263. The second-order valence-electron chi connectivity index (χ2n) is 5.11. The summed E-state index contributed by atoms with van der Waals surface area (Å²) in [5, 5.41) is 0. The molecule has 6 nitrogen and oxygen atoms in total. The van der Waals surface area contributed by atoms with Crippen LogP contribution in [0.25, 0.3) is 0 Å². The van der Waals surface area contributed by atoms with E-state index in [-0.39, 0.29) is 12.4 Å². The molecule has 0 saturated heterocycles. The van der Waals surface area contributed by atoms with E-state index in [2.05, 4.69) is 0 Å². The molecular formula is C19H20O6. The van der Waals surface area contributed by atoms with Crippen LogP contribution in [-0.4, -0.2) is 32.6 Å². The number of methoxy groups -OCH3 is 2. The molecule has 0 saturated carbocycles. The van der Waals surface area contributed by atoms with Crippen LogP contribution < -0.4 is 18.9 Å². The molecule has 0 atom stereocenters. The predicted octanol–water partition coefficient (Wildman–Crippen LogP) is 3.28. The maximum atomic E-state index is 11.9. The molecule has 0 aliphatic carbocycles. The van der Waals surface area contributed by atoms with Crippen LogP contribution in [0.3, 0.4) is 0 Å². The van der Waals surface area contributed by atoms with Gasteiger partial charge in [-0.3, -0.25) is 4.79 Å². The smallest absolute Gasteiger partial charge is 0.349 e.